The van der Waals surface area contributed by atoms with Gasteiger partial charge < -0.3 is 0 Å². The first-order chi connectivity index (χ1) is 12.7. The Hall–Kier alpha value is -1.73. The van der Waals surface area contributed by atoms with E-state index in [9.17, 15) is 12.8 Å². The molecule has 1 aromatic carbocycles. The van der Waals surface area contributed by atoms with Crippen LogP contribution in [0.3, 0.4) is 0 Å². The molecular weight excluding hydrogens is 365 g/mol. The molecule has 2 heterocycles. The van der Waals surface area contributed by atoms with Crippen molar-refractivity contribution in [2.75, 3.05) is 13.1 Å². The Morgan fingerprint density at radius 3 is 2.41 bits per heavy atom. The molecule has 0 radical (unpaired) electrons. The van der Waals surface area contributed by atoms with Crippen molar-refractivity contribution in [2.45, 2.75) is 63.8 Å². The zero-order chi connectivity index (χ0) is 19.8. The summed E-state index contributed by atoms with van der Waals surface area (Å²) >= 11 is 0. The minimum Gasteiger partial charge on any atom is -0.266 e. The average molecular weight is 394 g/mol. The average Bonchev–Trinajstić information content (AvgIpc) is 2.78. The number of nitrogens with zero attached hydrogens (tertiary/aromatic N) is 3. The first-order valence-electron chi connectivity index (χ1n) is 9.53. The van der Waals surface area contributed by atoms with E-state index < -0.39 is 10.0 Å². The Kier molecular flexibility index (Phi) is 5.72. The van der Waals surface area contributed by atoms with Crippen molar-refractivity contribution >= 4 is 10.0 Å². The van der Waals surface area contributed by atoms with Crippen LogP contribution in [0.25, 0.3) is 0 Å². The van der Waals surface area contributed by atoms with E-state index in [-0.39, 0.29) is 17.8 Å². The van der Waals surface area contributed by atoms with Crippen LogP contribution in [0.15, 0.2) is 29.2 Å². The molecular formula is C20H28FN3O2S. The standard InChI is InChI=1S/C20H28FN3O2S/c1-14(2)24-16(4)20(15(3)22-24)27(25,26)23-12-6-5-7-18(13-23)17-8-10-19(21)11-9-17/h8-11,14,18H,5-7,12-13H2,1-4H3. The number of hydrogen-bond acceptors (Lipinski definition) is 3. The van der Waals surface area contributed by atoms with Gasteiger partial charge in [0.1, 0.15) is 10.7 Å². The highest BCUT2D eigenvalue weighted by Crippen LogP contribution is 2.32. The van der Waals surface area contributed by atoms with Crippen molar-refractivity contribution in [1.82, 2.24) is 14.1 Å². The van der Waals surface area contributed by atoms with E-state index in [0.717, 1.165) is 24.8 Å². The predicted octanol–water partition coefficient (Wildman–Crippen LogP) is 4.18. The quantitative estimate of drug-likeness (QED) is 0.783. The second-order valence-corrected chi connectivity index (χ2v) is 9.52. The molecule has 1 aromatic heterocycles. The number of halogens is 1. The largest absolute Gasteiger partial charge is 0.266 e. The van der Waals surface area contributed by atoms with E-state index >= 15 is 0 Å². The molecule has 1 aliphatic rings. The molecule has 7 heteroatoms. The first kappa shape index (κ1) is 20.0. The van der Waals surface area contributed by atoms with Crippen molar-refractivity contribution < 1.29 is 12.8 Å². The molecule has 1 fully saturated rings. The molecule has 3 rings (SSSR count). The van der Waals surface area contributed by atoms with Gasteiger partial charge in [-0.25, -0.2) is 12.8 Å². The van der Waals surface area contributed by atoms with Gasteiger partial charge in [-0.15, -0.1) is 0 Å². The lowest BCUT2D eigenvalue weighted by Gasteiger charge is -2.24. The SMILES string of the molecule is Cc1nn(C(C)C)c(C)c1S(=O)(=O)N1CCCCC(c2ccc(F)cc2)C1. The van der Waals surface area contributed by atoms with Crippen LogP contribution >= 0.6 is 0 Å². The summed E-state index contributed by atoms with van der Waals surface area (Å²) in [7, 11) is -3.63. The van der Waals surface area contributed by atoms with E-state index in [1.54, 1.807) is 28.0 Å². The van der Waals surface area contributed by atoms with Crippen LogP contribution in [-0.4, -0.2) is 35.6 Å². The van der Waals surface area contributed by atoms with Crippen LogP contribution in [0.5, 0.6) is 0 Å². The number of aromatic nitrogens is 2. The smallest absolute Gasteiger partial charge is 0.246 e. The van der Waals surface area contributed by atoms with Crippen LogP contribution in [0.2, 0.25) is 0 Å². The molecule has 0 amide bonds. The molecule has 0 spiro atoms. The maximum atomic E-state index is 13.5. The second-order valence-electron chi connectivity index (χ2n) is 7.65. The maximum Gasteiger partial charge on any atom is 0.246 e. The van der Waals surface area contributed by atoms with E-state index in [2.05, 4.69) is 5.10 Å². The fourth-order valence-corrected chi connectivity index (χ4v) is 5.87. The van der Waals surface area contributed by atoms with Gasteiger partial charge >= 0.3 is 0 Å². The van der Waals surface area contributed by atoms with Crippen LogP contribution in [0, 0.1) is 19.7 Å². The normalized spacial score (nSPS) is 19.4. The molecule has 0 N–H and O–H groups in total. The van der Waals surface area contributed by atoms with Gasteiger partial charge in [0, 0.05) is 19.1 Å². The van der Waals surface area contributed by atoms with E-state index in [1.807, 2.05) is 20.8 Å². The van der Waals surface area contributed by atoms with Crippen molar-refractivity contribution in [3.05, 3.63) is 47.0 Å². The number of sulfonamides is 1. The third-order valence-corrected chi connectivity index (χ3v) is 7.44. The molecule has 1 aliphatic heterocycles. The maximum absolute atomic E-state index is 13.5. The summed E-state index contributed by atoms with van der Waals surface area (Å²) in [5.41, 5.74) is 2.22. The van der Waals surface area contributed by atoms with Gasteiger partial charge in [-0.05, 0) is 64.2 Å². The summed E-state index contributed by atoms with van der Waals surface area (Å²) in [4.78, 5) is 0.330. The Morgan fingerprint density at radius 2 is 1.81 bits per heavy atom. The molecule has 0 aliphatic carbocycles. The Labute approximate surface area is 161 Å². The van der Waals surface area contributed by atoms with Crippen LogP contribution in [0.1, 0.15) is 62.0 Å². The van der Waals surface area contributed by atoms with Crippen molar-refractivity contribution in [3.63, 3.8) is 0 Å². The Morgan fingerprint density at radius 1 is 1.15 bits per heavy atom. The summed E-state index contributed by atoms with van der Waals surface area (Å²) in [6.45, 7) is 8.49. The lowest BCUT2D eigenvalue weighted by atomic mass is 9.95. The van der Waals surface area contributed by atoms with Gasteiger partial charge in [-0.2, -0.15) is 9.40 Å². The first-order valence-corrected chi connectivity index (χ1v) is 11.0. The lowest BCUT2D eigenvalue weighted by molar-refractivity contribution is 0.405. The van der Waals surface area contributed by atoms with Gasteiger partial charge in [-0.3, -0.25) is 4.68 Å². The fraction of sp³-hybridized carbons (Fsp3) is 0.550. The van der Waals surface area contributed by atoms with Gasteiger partial charge in [0.05, 0.1) is 11.4 Å². The molecule has 27 heavy (non-hydrogen) atoms. The highest BCUT2D eigenvalue weighted by atomic mass is 32.2. The second kappa shape index (κ2) is 7.72. The van der Waals surface area contributed by atoms with Crippen molar-refractivity contribution in [1.29, 1.82) is 0 Å². The third kappa shape index (κ3) is 3.94. The number of benzene rings is 1. The molecule has 148 valence electrons. The van der Waals surface area contributed by atoms with Crippen molar-refractivity contribution in [3.8, 4) is 0 Å². The molecule has 5 nitrogen and oxygen atoms in total. The van der Waals surface area contributed by atoms with E-state index in [0.29, 0.717) is 29.4 Å². The van der Waals surface area contributed by atoms with Crippen LogP contribution in [0.4, 0.5) is 4.39 Å². The fourth-order valence-electron chi connectivity index (χ4n) is 3.99. The molecule has 1 atom stereocenters. The number of hydrogen-bond donors (Lipinski definition) is 0. The van der Waals surface area contributed by atoms with Gasteiger partial charge in [-0.1, -0.05) is 18.6 Å². The highest BCUT2D eigenvalue weighted by molar-refractivity contribution is 7.89. The summed E-state index contributed by atoms with van der Waals surface area (Å²) < 4.78 is 43.6. The highest BCUT2D eigenvalue weighted by Gasteiger charge is 2.34. The van der Waals surface area contributed by atoms with Crippen LogP contribution in [-0.2, 0) is 10.0 Å². The zero-order valence-corrected chi connectivity index (χ0v) is 17.3. The molecule has 0 bridgehead atoms. The Balaban J connectivity index is 1.95. The molecule has 1 saturated heterocycles. The Bertz CT molecular complexity index is 904. The summed E-state index contributed by atoms with van der Waals surface area (Å²) in [6, 6.07) is 6.52. The zero-order valence-electron chi connectivity index (χ0n) is 16.4. The summed E-state index contributed by atoms with van der Waals surface area (Å²) in [6.07, 6.45) is 2.69. The molecule has 1 unspecified atom stereocenters. The topological polar surface area (TPSA) is 55.2 Å². The van der Waals surface area contributed by atoms with Crippen molar-refractivity contribution in [2.24, 2.45) is 0 Å². The lowest BCUT2D eigenvalue weighted by Crippen LogP contribution is -2.34. The number of rotatable bonds is 4. The third-order valence-electron chi connectivity index (χ3n) is 5.32. The molecule has 2 aromatic rings. The van der Waals surface area contributed by atoms with E-state index in [1.165, 1.54) is 12.1 Å². The van der Waals surface area contributed by atoms with E-state index in [4.69, 9.17) is 0 Å². The monoisotopic (exact) mass is 393 g/mol. The van der Waals surface area contributed by atoms with Gasteiger partial charge in [0.15, 0.2) is 0 Å². The minimum absolute atomic E-state index is 0.0728. The summed E-state index contributed by atoms with van der Waals surface area (Å²) in [5.74, 6) is -0.201. The minimum atomic E-state index is -3.63. The van der Waals surface area contributed by atoms with Crippen LogP contribution < -0.4 is 0 Å². The summed E-state index contributed by atoms with van der Waals surface area (Å²) in [5, 5.41) is 4.45. The van der Waals surface area contributed by atoms with Gasteiger partial charge in [0.25, 0.3) is 0 Å². The molecule has 0 saturated carbocycles. The predicted molar refractivity (Wildman–Crippen MR) is 104 cm³/mol. The van der Waals surface area contributed by atoms with Gasteiger partial charge in [0.2, 0.25) is 10.0 Å². The number of aryl methyl sites for hydroxylation is 1.